The van der Waals surface area contributed by atoms with Crippen LogP contribution in [0.5, 0.6) is 0 Å². The number of carbonyl (C=O) groups excluding carboxylic acids is 1. The van der Waals surface area contributed by atoms with Crippen molar-refractivity contribution in [3.8, 4) is 5.82 Å². The van der Waals surface area contributed by atoms with Crippen LogP contribution in [-0.2, 0) is 4.74 Å². The summed E-state index contributed by atoms with van der Waals surface area (Å²) in [6.45, 7) is 13.0. The van der Waals surface area contributed by atoms with Crippen LogP contribution in [0.1, 0.15) is 40.2 Å². The van der Waals surface area contributed by atoms with Gasteiger partial charge in [0.05, 0.1) is 5.39 Å². The highest BCUT2D eigenvalue weighted by Crippen LogP contribution is 2.35. The number of amides is 1. The van der Waals surface area contributed by atoms with Gasteiger partial charge in [-0.2, -0.15) is 0 Å². The van der Waals surface area contributed by atoms with Gasteiger partial charge in [0.1, 0.15) is 23.6 Å². The van der Waals surface area contributed by atoms with Gasteiger partial charge in [-0.1, -0.05) is 0 Å². The molecule has 9 heteroatoms. The number of halogens is 1. The number of fused-ring (bicyclic) bond motifs is 1. The zero-order chi connectivity index (χ0) is 23.2. The molecule has 4 heterocycles. The van der Waals surface area contributed by atoms with E-state index in [0.717, 1.165) is 32.7 Å². The van der Waals surface area contributed by atoms with Crippen molar-refractivity contribution in [3.63, 3.8) is 0 Å². The third-order valence-electron chi connectivity index (χ3n) is 5.55. The molecule has 1 aliphatic rings. The molecule has 3 aromatic heterocycles. The first-order valence-electron chi connectivity index (χ1n) is 10.8. The van der Waals surface area contributed by atoms with E-state index < -0.39 is 5.60 Å². The summed E-state index contributed by atoms with van der Waals surface area (Å²) >= 11 is 3.71. The molecule has 170 valence electrons. The quantitative estimate of drug-likeness (QED) is 0.506. The molecule has 1 aliphatic heterocycles. The molecule has 0 saturated carbocycles. The highest BCUT2D eigenvalue weighted by Gasteiger charge is 2.36. The number of pyridine rings is 1. The van der Waals surface area contributed by atoms with Crippen LogP contribution in [0.2, 0.25) is 0 Å². The number of anilines is 1. The SMILES string of the molecule is Cc1ccnc(-n2cc(Br)c3c(N4C[C@@H](C)N(C(=O)OC(C)(C)C)C[C@@H]4C)ncnc32)c1. The van der Waals surface area contributed by atoms with Crippen LogP contribution < -0.4 is 4.90 Å². The predicted molar refractivity (Wildman–Crippen MR) is 128 cm³/mol. The van der Waals surface area contributed by atoms with Gasteiger partial charge in [0, 0.05) is 42.0 Å². The van der Waals surface area contributed by atoms with E-state index in [-0.39, 0.29) is 18.2 Å². The van der Waals surface area contributed by atoms with Gasteiger partial charge in [0.2, 0.25) is 0 Å². The molecule has 1 saturated heterocycles. The van der Waals surface area contributed by atoms with Gasteiger partial charge in [-0.15, -0.1) is 0 Å². The largest absolute Gasteiger partial charge is 0.444 e. The Morgan fingerprint density at radius 1 is 1.16 bits per heavy atom. The van der Waals surface area contributed by atoms with Crippen LogP contribution in [0, 0.1) is 6.92 Å². The van der Waals surface area contributed by atoms with E-state index in [9.17, 15) is 4.79 Å². The Morgan fingerprint density at radius 2 is 1.91 bits per heavy atom. The first-order valence-corrected chi connectivity index (χ1v) is 11.6. The molecule has 1 fully saturated rings. The molecular formula is C23H29BrN6O2. The topological polar surface area (TPSA) is 76.4 Å². The Bertz CT molecular complexity index is 1160. The molecule has 3 aromatic rings. The Kier molecular flexibility index (Phi) is 5.87. The lowest BCUT2D eigenvalue weighted by atomic mass is 10.1. The van der Waals surface area contributed by atoms with Crippen molar-refractivity contribution in [2.75, 3.05) is 18.0 Å². The molecule has 0 radical (unpaired) electrons. The van der Waals surface area contributed by atoms with E-state index in [4.69, 9.17) is 4.74 Å². The number of nitrogens with zero attached hydrogens (tertiary/aromatic N) is 6. The number of aryl methyl sites for hydroxylation is 1. The molecule has 8 nitrogen and oxygen atoms in total. The van der Waals surface area contributed by atoms with Crippen molar-refractivity contribution in [1.82, 2.24) is 24.4 Å². The van der Waals surface area contributed by atoms with Gasteiger partial charge in [-0.3, -0.25) is 4.57 Å². The maximum Gasteiger partial charge on any atom is 0.410 e. The summed E-state index contributed by atoms with van der Waals surface area (Å²) in [5.41, 5.74) is 1.39. The number of hydrogen-bond donors (Lipinski definition) is 0. The molecular weight excluding hydrogens is 472 g/mol. The highest BCUT2D eigenvalue weighted by atomic mass is 79.9. The molecule has 0 aromatic carbocycles. The van der Waals surface area contributed by atoms with E-state index in [1.54, 1.807) is 12.5 Å². The van der Waals surface area contributed by atoms with Crippen LogP contribution in [0.25, 0.3) is 16.9 Å². The van der Waals surface area contributed by atoms with Crippen LogP contribution in [0.3, 0.4) is 0 Å². The first kappa shape index (κ1) is 22.5. The maximum atomic E-state index is 12.7. The van der Waals surface area contributed by atoms with Crippen molar-refractivity contribution in [3.05, 3.63) is 40.9 Å². The van der Waals surface area contributed by atoms with Crippen LogP contribution in [0.15, 0.2) is 35.3 Å². The first-order chi connectivity index (χ1) is 15.0. The molecule has 32 heavy (non-hydrogen) atoms. The second-order valence-corrected chi connectivity index (χ2v) is 10.3. The fraction of sp³-hybridized carbons (Fsp3) is 0.478. The second kappa shape index (κ2) is 8.35. The van der Waals surface area contributed by atoms with Gasteiger partial charge in [-0.05, 0) is 75.2 Å². The average Bonchev–Trinajstić information content (AvgIpc) is 3.05. The molecule has 4 rings (SSSR count). The predicted octanol–water partition coefficient (Wildman–Crippen LogP) is 4.72. The lowest BCUT2D eigenvalue weighted by molar-refractivity contribution is 0.0130. The minimum absolute atomic E-state index is 0.0228. The standard InChI is InChI=1S/C23H29BrN6O2/c1-14-7-8-25-18(9-14)30-12-17(24)19-20(26-13-27-21(19)30)28-10-16(3)29(11-15(28)2)22(31)32-23(4,5)6/h7-9,12-13,15-16H,10-11H2,1-6H3/t15-,16+/m0/s1. The van der Waals surface area contributed by atoms with Crippen molar-refractivity contribution < 1.29 is 9.53 Å². The van der Waals surface area contributed by atoms with Gasteiger partial charge < -0.3 is 14.5 Å². The minimum atomic E-state index is -0.520. The molecule has 0 N–H and O–H groups in total. The van der Waals surface area contributed by atoms with E-state index in [1.807, 2.05) is 62.4 Å². The maximum absolute atomic E-state index is 12.7. The summed E-state index contributed by atoms with van der Waals surface area (Å²) < 4.78 is 8.49. The minimum Gasteiger partial charge on any atom is -0.444 e. The van der Waals surface area contributed by atoms with Crippen LogP contribution in [-0.4, -0.2) is 61.3 Å². The summed E-state index contributed by atoms with van der Waals surface area (Å²) in [5, 5.41) is 0.931. The third-order valence-corrected chi connectivity index (χ3v) is 6.15. The molecule has 0 bridgehead atoms. The van der Waals surface area contributed by atoms with Crippen LogP contribution in [0.4, 0.5) is 10.6 Å². The van der Waals surface area contributed by atoms with Gasteiger partial charge in [0.15, 0.2) is 5.65 Å². The van der Waals surface area contributed by atoms with Gasteiger partial charge in [-0.25, -0.2) is 19.7 Å². The molecule has 0 aliphatic carbocycles. The number of piperazine rings is 1. The molecule has 2 atom stereocenters. The normalized spacial score (nSPS) is 19.5. The van der Waals surface area contributed by atoms with Crippen molar-refractivity contribution in [1.29, 1.82) is 0 Å². The Morgan fingerprint density at radius 3 is 2.59 bits per heavy atom. The smallest absolute Gasteiger partial charge is 0.410 e. The number of rotatable bonds is 2. The van der Waals surface area contributed by atoms with Crippen molar-refractivity contribution >= 4 is 38.9 Å². The molecule has 0 unspecified atom stereocenters. The number of carbonyl (C=O) groups is 1. The van der Waals surface area contributed by atoms with Crippen molar-refractivity contribution in [2.24, 2.45) is 0 Å². The van der Waals surface area contributed by atoms with Crippen LogP contribution >= 0.6 is 15.9 Å². The summed E-state index contributed by atoms with van der Waals surface area (Å²) in [7, 11) is 0. The number of aromatic nitrogens is 4. The number of ether oxygens (including phenoxy) is 1. The summed E-state index contributed by atoms with van der Waals surface area (Å²) in [5.74, 6) is 1.65. The Hall–Kier alpha value is -2.68. The lowest BCUT2D eigenvalue weighted by Crippen LogP contribution is -2.59. The fourth-order valence-electron chi connectivity index (χ4n) is 4.04. The summed E-state index contributed by atoms with van der Waals surface area (Å²) in [6, 6.07) is 4.03. The summed E-state index contributed by atoms with van der Waals surface area (Å²) in [4.78, 5) is 30.5. The third kappa shape index (κ3) is 4.30. The highest BCUT2D eigenvalue weighted by molar-refractivity contribution is 9.10. The monoisotopic (exact) mass is 500 g/mol. The van der Waals surface area contributed by atoms with E-state index >= 15 is 0 Å². The van der Waals surface area contributed by atoms with E-state index in [2.05, 4.69) is 42.7 Å². The zero-order valence-electron chi connectivity index (χ0n) is 19.3. The molecule has 0 spiro atoms. The average molecular weight is 501 g/mol. The second-order valence-electron chi connectivity index (χ2n) is 9.42. The van der Waals surface area contributed by atoms with E-state index in [0.29, 0.717) is 13.1 Å². The fourth-order valence-corrected chi connectivity index (χ4v) is 4.60. The number of hydrogen-bond acceptors (Lipinski definition) is 6. The summed E-state index contributed by atoms with van der Waals surface area (Å²) in [6.07, 6.45) is 5.10. The van der Waals surface area contributed by atoms with Gasteiger partial charge >= 0.3 is 6.09 Å². The zero-order valence-corrected chi connectivity index (χ0v) is 20.9. The van der Waals surface area contributed by atoms with Gasteiger partial charge in [0.25, 0.3) is 0 Å². The Balaban J connectivity index is 1.68. The van der Waals surface area contributed by atoms with Crippen molar-refractivity contribution in [2.45, 2.75) is 59.2 Å². The van der Waals surface area contributed by atoms with E-state index in [1.165, 1.54) is 0 Å². The Labute approximate surface area is 196 Å². The molecule has 1 amide bonds. The lowest BCUT2D eigenvalue weighted by Gasteiger charge is -2.44.